The zero-order chi connectivity index (χ0) is 14.9. The van der Waals surface area contributed by atoms with Crippen molar-refractivity contribution in [3.8, 4) is 0 Å². The van der Waals surface area contributed by atoms with E-state index in [1.165, 1.54) is 11.1 Å². The molecule has 1 aliphatic rings. The quantitative estimate of drug-likeness (QED) is 0.905. The summed E-state index contributed by atoms with van der Waals surface area (Å²) in [5.41, 5.74) is 4.21. The van der Waals surface area contributed by atoms with Gasteiger partial charge in [-0.15, -0.1) is 0 Å². The molecule has 0 saturated carbocycles. The van der Waals surface area contributed by atoms with Gasteiger partial charge in [0, 0.05) is 12.1 Å². The minimum Gasteiger partial charge on any atom is -0.478 e. The molecule has 2 aromatic rings. The van der Waals surface area contributed by atoms with Crippen LogP contribution in [0.4, 0.5) is 0 Å². The highest BCUT2D eigenvalue weighted by Crippen LogP contribution is 2.29. The van der Waals surface area contributed by atoms with Crippen molar-refractivity contribution >= 4 is 5.97 Å². The summed E-state index contributed by atoms with van der Waals surface area (Å²) in [5.74, 6) is -0.878. The van der Waals surface area contributed by atoms with Crippen molar-refractivity contribution in [1.29, 1.82) is 0 Å². The van der Waals surface area contributed by atoms with E-state index in [0.717, 1.165) is 18.4 Å². The molecular weight excluding hydrogens is 262 g/mol. The van der Waals surface area contributed by atoms with E-state index in [9.17, 15) is 4.79 Å². The highest BCUT2D eigenvalue weighted by Gasteiger charge is 2.31. The molecule has 0 heterocycles. The zero-order valence-electron chi connectivity index (χ0n) is 12.1. The smallest absolute Gasteiger partial charge is 0.335 e. The molecule has 2 aromatic carbocycles. The number of carboxylic acid groups (broad SMARTS) is 1. The summed E-state index contributed by atoms with van der Waals surface area (Å²) in [7, 11) is 0. The summed E-state index contributed by atoms with van der Waals surface area (Å²) in [6.07, 6.45) is 2.03. The van der Waals surface area contributed by atoms with Gasteiger partial charge in [0.15, 0.2) is 0 Å². The summed E-state index contributed by atoms with van der Waals surface area (Å²) in [5, 5.41) is 12.6. The molecule has 3 heteroatoms. The van der Waals surface area contributed by atoms with Gasteiger partial charge in [0.25, 0.3) is 0 Å². The van der Waals surface area contributed by atoms with Gasteiger partial charge in [-0.3, -0.25) is 0 Å². The Morgan fingerprint density at radius 1 is 1.14 bits per heavy atom. The normalized spacial score (nSPS) is 15.7. The summed E-state index contributed by atoms with van der Waals surface area (Å²) in [6, 6.07) is 15.7. The van der Waals surface area contributed by atoms with Crippen LogP contribution in [0.1, 0.15) is 34.0 Å². The third-order valence-electron chi connectivity index (χ3n) is 4.17. The summed E-state index contributed by atoms with van der Waals surface area (Å²) >= 11 is 0. The fourth-order valence-corrected chi connectivity index (χ4v) is 3.06. The number of benzene rings is 2. The van der Waals surface area contributed by atoms with E-state index in [-0.39, 0.29) is 5.54 Å². The molecule has 3 nitrogen and oxygen atoms in total. The van der Waals surface area contributed by atoms with Gasteiger partial charge in [-0.05, 0) is 48.6 Å². The van der Waals surface area contributed by atoms with Crippen molar-refractivity contribution in [2.75, 3.05) is 0 Å². The lowest BCUT2D eigenvalue weighted by Crippen LogP contribution is -2.42. The third kappa shape index (κ3) is 2.98. The Kier molecular flexibility index (Phi) is 3.52. The average molecular weight is 281 g/mol. The van der Waals surface area contributed by atoms with E-state index in [4.69, 9.17) is 5.11 Å². The van der Waals surface area contributed by atoms with Gasteiger partial charge in [0.05, 0.1) is 5.56 Å². The third-order valence-corrected chi connectivity index (χ3v) is 4.17. The molecule has 0 unspecified atom stereocenters. The molecule has 0 aromatic heterocycles. The van der Waals surface area contributed by atoms with E-state index >= 15 is 0 Å². The molecule has 108 valence electrons. The highest BCUT2D eigenvalue weighted by atomic mass is 16.4. The monoisotopic (exact) mass is 281 g/mol. The van der Waals surface area contributed by atoms with Gasteiger partial charge >= 0.3 is 5.97 Å². The van der Waals surface area contributed by atoms with Crippen molar-refractivity contribution < 1.29 is 9.90 Å². The van der Waals surface area contributed by atoms with Crippen LogP contribution in [0.15, 0.2) is 48.5 Å². The molecule has 0 radical (unpaired) electrons. The first-order valence-electron chi connectivity index (χ1n) is 7.20. The van der Waals surface area contributed by atoms with Gasteiger partial charge in [-0.2, -0.15) is 0 Å². The summed E-state index contributed by atoms with van der Waals surface area (Å²) < 4.78 is 0. The van der Waals surface area contributed by atoms with Crippen LogP contribution >= 0.6 is 0 Å². The SMILES string of the molecule is CC1(NCc2cccc(C(=O)O)c2)Cc2ccccc2C1. The van der Waals surface area contributed by atoms with Gasteiger partial charge in [0.1, 0.15) is 0 Å². The van der Waals surface area contributed by atoms with Crippen molar-refractivity contribution in [2.45, 2.75) is 31.8 Å². The van der Waals surface area contributed by atoms with Gasteiger partial charge in [-0.25, -0.2) is 4.79 Å². The number of carboxylic acids is 1. The lowest BCUT2D eigenvalue weighted by atomic mass is 9.98. The van der Waals surface area contributed by atoms with E-state index in [0.29, 0.717) is 12.1 Å². The van der Waals surface area contributed by atoms with Gasteiger partial charge in [-0.1, -0.05) is 36.4 Å². The fourth-order valence-electron chi connectivity index (χ4n) is 3.06. The lowest BCUT2D eigenvalue weighted by molar-refractivity contribution is 0.0696. The van der Waals surface area contributed by atoms with Crippen LogP contribution in [0.2, 0.25) is 0 Å². The predicted molar refractivity (Wildman–Crippen MR) is 82.5 cm³/mol. The van der Waals surface area contributed by atoms with Crippen LogP contribution in [0, 0.1) is 0 Å². The first kappa shape index (κ1) is 13.8. The molecule has 21 heavy (non-hydrogen) atoms. The second-order valence-corrected chi connectivity index (χ2v) is 6.04. The minimum absolute atomic E-state index is 0.0446. The second-order valence-electron chi connectivity index (χ2n) is 6.04. The topological polar surface area (TPSA) is 49.3 Å². The van der Waals surface area contributed by atoms with E-state index < -0.39 is 5.97 Å². The molecule has 0 fully saturated rings. The molecule has 0 amide bonds. The minimum atomic E-state index is -0.878. The average Bonchev–Trinajstić information content (AvgIpc) is 2.82. The number of aromatic carboxylic acids is 1. The molecule has 0 atom stereocenters. The largest absolute Gasteiger partial charge is 0.478 e. The molecular formula is C18H19NO2. The fraction of sp³-hybridized carbons (Fsp3) is 0.278. The van der Waals surface area contributed by atoms with Crippen LogP contribution in [0.3, 0.4) is 0 Å². The maximum atomic E-state index is 11.0. The number of hydrogen-bond donors (Lipinski definition) is 2. The van der Waals surface area contributed by atoms with Crippen LogP contribution in [0.25, 0.3) is 0 Å². The van der Waals surface area contributed by atoms with Crippen molar-refractivity contribution in [1.82, 2.24) is 5.32 Å². The molecule has 0 saturated heterocycles. The first-order valence-corrected chi connectivity index (χ1v) is 7.20. The Labute approximate surface area is 124 Å². The van der Waals surface area contributed by atoms with Crippen LogP contribution < -0.4 is 5.32 Å². The van der Waals surface area contributed by atoms with Crippen LogP contribution in [-0.4, -0.2) is 16.6 Å². The van der Waals surface area contributed by atoms with Crippen molar-refractivity contribution in [2.24, 2.45) is 0 Å². The Morgan fingerprint density at radius 3 is 2.43 bits per heavy atom. The zero-order valence-corrected chi connectivity index (χ0v) is 12.1. The molecule has 0 aliphatic heterocycles. The maximum absolute atomic E-state index is 11.0. The Bertz CT molecular complexity index is 653. The Balaban J connectivity index is 1.69. The number of carbonyl (C=O) groups is 1. The predicted octanol–water partition coefficient (Wildman–Crippen LogP) is 3.03. The molecule has 0 bridgehead atoms. The second kappa shape index (κ2) is 5.34. The molecule has 3 rings (SSSR count). The number of nitrogens with one attached hydrogen (secondary N) is 1. The molecule has 0 spiro atoms. The summed E-state index contributed by atoms with van der Waals surface area (Å²) in [4.78, 5) is 11.0. The molecule has 1 aliphatic carbocycles. The van der Waals surface area contributed by atoms with E-state index in [1.54, 1.807) is 18.2 Å². The lowest BCUT2D eigenvalue weighted by Gasteiger charge is -2.25. The van der Waals surface area contributed by atoms with Crippen molar-refractivity contribution in [3.63, 3.8) is 0 Å². The number of fused-ring (bicyclic) bond motifs is 1. The van der Waals surface area contributed by atoms with Crippen LogP contribution in [0.5, 0.6) is 0 Å². The van der Waals surface area contributed by atoms with Crippen molar-refractivity contribution in [3.05, 3.63) is 70.8 Å². The van der Waals surface area contributed by atoms with E-state index in [1.807, 2.05) is 6.07 Å². The summed E-state index contributed by atoms with van der Waals surface area (Å²) in [6.45, 7) is 2.92. The molecule has 2 N–H and O–H groups in total. The Morgan fingerprint density at radius 2 is 1.81 bits per heavy atom. The number of rotatable bonds is 4. The highest BCUT2D eigenvalue weighted by molar-refractivity contribution is 5.87. The van der Waals surface area contributed by atoms with Crippen LogP contribution in [-0.2, 0) is 19.4 Å². The maximum Gasteiger partial charge on any atom is 0.335 e. The van der Waals surface area contributed by atoms with E-state index in [2.05, 4.69) is 36.5 Å². The Hall–Kier alpha value is -2.13. The standard InChI is InChI=1S/C18H19NO2/c1-18(10-15-6-2-3-7-16(15)11-18)19-12-13-5-4-8-14(9-13)17(20)21/h2-9,19H,10-12H2,1H3,(H,20,21). The van der Waals surface area contributed by atoms with Gasteiger partial charge < -0.3 is 10.4 Å². The van der Waals surface area contributed by atoms with Gasteiger partial charge in [0.2, 0.25) is 0 Å². The first-order chi connectivity index (χ1) is 10.1. The number of hydrogen-bond acceptors (Lipinski definition) is 2.